The van der Waals surface area contributed by atoms with Crippen molar-refractivity contribution in [3.05, 3.63) is 41.4 Å². The van der Waals surface area contributed by atoms with E-state index >= 15 is 0 Å². The molecule has 0 N–H and O–H groups in total. The molecule has 1 aliphatic rings. The molecule has 0 radical (unpaired) electrons. The first-order valence-electron chi connectivity index (χ1n) is 9.23. The Labute approximate surface area is 162 Å². The van der Waals surface area contributed by atoms with Gasteiger partial charge >= 0.3 is 0 Å². The molecule has 144 valence electrons. The summed E-state index contributed by atoms with van der Waals surface area (Å²) in [5.74, 6) is 0.918. The normalized spacial score (nSPS) is 15.7. The maximum atomic E-state index is 12.4. The molecular weight excluding hydrogens is 350 g/mol. The Balaban J connectivity index is 1.67. The van der Waals surface area contributed by atoms with Crippen molar-refractivity contribution in [2.24, 2.45) is 0 Å². The molecule has 1 fully saturated rings. The molecule has 0 aliphatic carbocycles. The van der Waals surface area contributed by atoms with Crippen LogP contribution in [-0.4, -0.2) is 79.6 Å². The van der Waals surface area contributed by atoms with Gasteiger partial charge in [0.15, 0.2) is 0 Å². The molecule has 0 unspecified atom stereocenters. The van der Waals surface area contributed by atoms with Gasteiger partial charge in [0.1, 0.15) is 12.4 Å². The molecule has 1 amide bonds. The van der Waals surface area contributed by atoms with E-state index in [1.54, 1.807) is 0 Å². The molecule has 1 aromatic rings. The standard InChI is InChI=1S/C20H30ClN3O2/c1-4-24(15-17(2)3)20(25)16-23-11-9-22(10-12-23)13-14-26-19-8-6-5-7-18(19)21/h5-8H,2,4,9-16H2,1,3H3. The SMILES string of the molecule is C=C(C)CN(CC)C(=O)CN1CCN(CCOc2ccccc2Cl)CC1. The zero-order chi connectivity index (χ0) is 18.9. The maximum Gasteiger partial charge on any atom is 0.237 e. The fraction of sp³-hybridized carbons (Fsp3) is 0.550. The topological polar surface area (TPSA) is 36.0 Å². The second-order valence-electron chi connectivity index (χ2n) is 6.76. The first-order chi connectivity index (χ1) is 12.5. The lowest BCUT2D eigenvalue weighted by Gasteiger charge is -2.35. The van der Waals surface area contributed by atoms with Crippen molar-refractivity contribution < 1.29 is 9.53 Å². The second kappa shape index (κ2) is 10.6. The van der Waals surface area contributed by atoms with Crippen molar-refractivity contribution in [2.45, 2.75) is 13.8 Å². The van der Waals surface area contributed by atoms with Crippen LogP contribution in [0.5, 0.6) is 5.75 Å². The van der Waals surface area contributed by atoms with Gasteiger partial charge in [0.05, 0.1) is 11.6 Å². The number of hydrogen-bond donors (Lipinski definition) is 0. The van der Waals surface area contributed by atoms with Gasteiger partial charge in [-0.3, -0.25) is 14.6 Å². The lowest BCUT2D eigenvalue weighted by molar-refractivity contribution is -0.132. The van der Waals surface area contributed by atoms with Crippen molar-refractivity contribution in [1.29, 1.82) is 0 Å². The number of ether oxygens (including phenoxy) is 1. The lowest BCUT2D eigenvalue weighted by atomic mass is 10.2. The summed E-state index contributed by atoms with van der Waals surface area (Å²) in [5, 5.41) is 0.645. The van der Waals surface area contributed by atoms with Gasteiger partial charge in [0, 0.05) is 45.8 Å². The molecule has 0 atom stereocenters. The predicted octanol–water partition coefficient (Wildman–Crippen LogP) is 2.76. The number of carbonyl (C=O) groups excluding carboxylic acids is 1. The third-order valence-corrected chi connectivity index (χ3v) is 4.83. The fourth-order valence-electron chi connectivity index (χ4n) is 3.01. The van der Waals surface area contributed by atoms with Crippen LogP contribution < -0.4 is 4.74 Å². The number of hydrogen-bond acceptors (Lipinski definition) is 4. The third kappa shape index (κ3) is 6.63. The summed E-state index contributed by atoms with van der Waals surface area (Å²) in [6.07, 6.45) is 0. The number of para-hydroxylation sites is 1. The Morgan fingerprint density at radius 2 is 1.88 bits per heavy atom. The average molecular weight is 380 g/mol. The fourth-order valence-corrected chi connectivity index (χ4v) is 3.20. The molecule has 1 aromatic carbocycles. The first kappa shape index (κ1) is 20.7. The molecule has 1 saturated heterocycles. The van der Waals surface area contributed by atoms with Gasteiger partial charge in [-0.25, -0.2) is 0 Å². The molecular formula is C20H30ClN3O2. The van der Waals surface area contributed by atoms with Crippen LogP contribution in [0.25, 0.3) is 0 Å². The Bertz CT molecular complexity index is 600. The van der Waals surface area contributed by atoms with Crippen molar-refractivity contribution in [3.8, 4) is 5.75 Å². The van der Waals surface area contributed by atoms with E-state index in [9.17, 15) is 4.79 Å². The summed E-state index contributed by atoms with van der Waals surface area (Å²) in [4.78, 5) is 18.9. The summed E-state index contributed by atoms with van der Waals surface area (Å²) < 4.78 is 5.76. The van der Waals surface area contributed by atoms with E-state index in [4.69, 9.17) is 16.3 Å². The van der Waals surface area contributed by atoms with Crippen molar-refractivity contribution in [1.82, 2.24) is 14.7 Å². The number of amides is 1. The van der Waals surface area contributed by atoms with Crippen LogP contribution in [0.2, 0.25) is 5.02 Å². The molecule has 26 heavy (non-hydrogen) atoms. The summed E-state index contributed by atoms with van der Waals surface area (Å²) in [5.41, 5.74) is 1.02. The number of benzene rings is 1. The predicted molar refractivity (Wildman–Crippen MR) is 107 cm³/mol. The molecule has 1 heterocycles. The first-order valence-corrected chi connectivity index (χ1v) is 9.61. The van der Waals surface area contributed by atoms with Crippen molar-refractivity contribution >= 4 is 17.5 Å². The van der Waals surface area contributed by atoms with E-state index in [0.717, 1.165) is 50.6 Å². The molecule has 5 nitrogen and oxygen atoms in total. The highest BCUT2D eigenvalue weighted by Gasteiger charge is 2.21. The third-order valence-electron chi connectivity index (χ3n) is 4.52. The van der Waals surface area contributed by atoms with E-state index in [1.165, 1.54) is 0 Å². The van der Waals surface area contributed by atoms with Crippen LogP contribution in [0, 0.1) is 0 Å². The van der Waals surface area contributed by atoms with Crippen LogP contribution in [0.3, 0.4) is 0 Å². The zero-order valence-corrected chi connectivity index (χ0v) is 16.7. The molecule has 0 aromatic heterocycles. The Kier molecular flexibility index (Phi) is 8.42. The van der Waals surface area contributed by atoms with Gasteiger partial charge in [0.2, 0.25) is 5.91 Å². The van der Waals surface area contributed by atoms with Gasteiger partial charge in [-0.1, -0.05) is 35.9 Å². The van der Waals surface area contributed by atoms with E-state index in [0.29, 0.717) is 24.7 Å². The highest BCUT2D eigenvalue weighted by Crippen LogP contribution is 2.22. The number of rotatable bonds is 9. The number of piperazine rings is 1. The second-order valence-corrected chi connectivity index (χ2v) is 7.17. The molecule has 0 bridgehead atoms. The van der Waals surface area contributed by atoms with Gasteiger partial charge in [-0.2, -0.15) is 0 Å². The highest BCUT2D eigenvalue weighted by atomic mass is 35.5. The summed E-state index contributed by atoms with van der Waals surface area (Å²) >= 11 is 6.10. The van der Waals surface area contributed by atoms with Gasteiger partial charge in [0.25, 0.3) is 0 Å². The lowest BCUT2D eigenvalue weighted by Crippen LogP contribution is -2.50. The van der Waals surface area contributed by atoms with Crippen LogP contribution in [0.4, 0.5) is 0 Å². The molecule has 0 saturated carbocycles. The van der Waals surface area contributed by atoms with Gasteiger partial charge < -0.3 is 9.64 Å². The van der Waals surface area contributed by atoms with E-state index in [1.807, 2.05) is 43.0 Å². The molecule has 6 heteroatoms. The Morgan fingerprint density at radius 3 is 2.50 bits per heavy atom. The average Bonchev–Trinajstić information content (AvgIpc) is 2.62. The summed E-state index contributed by atoms with van der Waals surface area (Å²) in [7, 11) is 0. The minimum atomic E-state index is 0.186. The number of carbonyl (C=O) groups is 1. The zero-order valence-electron chi connectivity index (χ0n) is 15.9. The quantitative estimate of drug-likeness (QED) is 0.618. The largest absolute Gasteiger partial charge is 0.491 e. The Hall–Kier alpha value is -1.56. The van der Waals surface area contributed by atoms with Crippen LogP contribution >= 0.6 is 11.6 Å². The monoisotopic (exact) mass is 379 g/mol. The summed E-state index contributed by atoms with van der Waals surface area (Å²) in [6.45, 7) is 14.9. The summed E-state index contributed by atoms with van der Waals surface area (Å²) in [6, 6.07) is 7.53. The van der Waals surface area contributed by atoms with E-state index in [2.05, 4.69) is 16.4 Å². The Morgan fingerprint density at radius 1 is 1.23 bits per heavy atom. The molecule has 1 aliphatic heterocycles. The highest BCUT2D eigenvalue weighted by molar-refractivity contribution is 6.32. The van der Waals surface area contributed by atoms with Crippen molar-refractivity contribution in [2.75, 3.05) is 59.0 Å². The number of likely N-dealkylation sites (N-methyl/N-ethyl adjacent to an activating group) is 1. The minimum Gasteiger partial charge on any atom is -0.491 e. The van der Waals surface area contributed by atoms with Crippen LogP contribution in [-0.2, 0) is 4.79 Å². The van der Waals surface area contributed by atoms with Crippen molar-refractivity contribution in [3.63, 3.8) is 0 Å². The maximum absolute atomic E-state index is 12.4. The van der Waals surface area contributed by atoms with Gasteiger partial charge in [-0.15, -0.1) is 0 Å². The minimum absolute atomic E-state index is 0.186. The van der Waals surface area contributed by atoms with Crippen LogP contribution in [0.1, 0.15) is 13.8 Å². The van der Waals surface area contributed by atoms with E-state index < -0.39 is 0 Å². The molecule has 2 rings (SSSR count). The number of halogens is 1. The van der Waals surface area contributed by atoms with Crippen LogP contribution in [0.15, 0.2) is 36.4 Å². The number of nitrogens with zero attached hydrogens (tertiary/aromatic N) is 3. The van der Waals surface area contributed by atoms with E-state index in [-0.39, 0.29) is 5.91 Å². The molecule has 0 spiro atoms. The smallest absolute Gasteiger partial charge is 0.237 e. The van der Waals surface area contributed by atoms with Gasteiger partial charge in [-0.05, 0) is 26.0 Å².